The van der Waals surface area contributed by atoms with E-state index in [4.69, 9.17) is 0 Å². The minimum atomic E-state index is -3.72. The largest absolute Gasteiger partial charge is 0.377 e. The number of hydrogen-bond acceptors (Lipinski definition) is 5. The molecular weight excluding hydrogens is 514 g/mol. The zero-order chi connectivity index (χ0) is 26.6. The van der Waals surface area contributed by atoms with Gasteiger partial charge < -0.3 is 9.47 Å². The number of rotatable bonds is 5. The highest BCUT2D eigenvalue weighted by atomic mass is 32.2. The second-order valence-corrected chi connectivity index (χ2v) is 13.2. The minimum absolute atomic E-state index is 0.00907. The lowest BCUT2D eigenvalue weighted by molar-refractivity contribution is 0.186. The zero-order valence-corrected chi connectivity index (χ0v) is 23.4. The molecule has 0 N–H and O–H groups in total. The average molecular weight is 546 g/mol. The van der Waals surface area contributed by atoms with Gasteiger partial charge in [0.1, 0.15) is 0 Å². The summed E-state index contributed by atoms with van der Waals surface area (Å²) in [4.78, 5) is 17.1. The molecule has 2 aliphatic rings. The molecule has 0 unspecified atom stereocenters. The van der Waals surface area contributed by atoms with Crippen molar-refractivity contribution in [1.29, 1.82) is 0 Å². The van der Waals surface area contributed by atoms with Gasteiger partial charge in [-0.15, -0.1) is 11.8 Å². The molecule has 38 heavy (non-hydrogen) atoms. The molecule has 8 heteroatoms. The maximum atomic E-state index is 14.0. The van der Waals surface area contributed by atoms with E-state index in [1.54, 1.807) is 22.1 Å². The van der Waals surface area contributed by atoms with Crippen LogP contribution in [0, 0.1) is 5.92 Å². The van der Waals surface area contributed by atoms with Gasteiger partial charge in [-0.25, -0.2) is 8.42 Å². The maximum Gasteiger partial charge on any atom is 0.258 e. The molecule has 0 aliphatic carbocycles. The minimum Gasteiger partial charge on any atom is -0.377 e. The lowest BCUT2D eigenvalue weighted by atomic mass is 9.84. The first-order valence-corrected chi connectivity index (χ1v) is 15.5. The number of thioether (sulfide) groups is 1. The molecule has 0 amide bonds. The first-order valence-electron chi connectivity index (χ1n) is 12.9. The van der Waals surface area contributed by atoms with Crippen molar-refractivity contribution in [3.63, 3.8) is 0 Å². The van der Waals surface area contributed by atoms with E-state index in [-0.39, 0.29) is 17.4 Å². The van der Waals surface area contributed by atoms with E-state index >= 15 is 0 Å². The summed E-state index contributed by atoms with van der Waals surface area (Å²) >= 11 is 1.67. The van der Waals surface area contributed by atoms with E-state index in [1.165, 1.54) is 0 Å². The van der Waals surface area contributed by atoms with Crippen LogP contribution in [-0.2, 0) is 16.6 Å². The van der Waals surface area contributed by atoms with Crippen LogP contribution in [0.3, 0.4) is 0 Å². The van der Waals surface area contributed by atoms with Crippen LogP contribution in [0.15, 0.2) is 87.4 Å². The van der Waals surface area contributed by atoms with Gasteiger partial charge in [0.25, 0.3) is 5.56 Å². The Kier molecular flexibility index (Phi) is 6.37. The Balaban J connectivity index is 1.35. The molecule has 1 aromatic heterocycles. The van der Waals surface area contributed by atoms with Crippen molar-refractivity contribution >= 4 is 38.2 Å². The van der Waals surface area contributed by atoms with E-state index in [0.29, 0.717) is 30.1 Å². The summed E-state index contributed by atoms with van der Waals surface area (Å²) < 4.78 is 31.6. The summed E-state index contributed by atoms with van der Waals surface area (Å²) in [6.45, 7) is 1.33. The number of pyridine rings is 1. The first-order chi connectivity index (χ1) is 18.3. The van der Waals surface area contributed by atoms with E-state index in [2.05, 4.69) is 0 Å². The van der Waals surface area contributed by atoms with Crippen LogP contribution in [-0.4, -0.2) is 50.7 Å². The van der Waals surface area contributed by atoms with Gasteiger partial charge in [0.2, 0.25) is 10.0 Å². The highest BCUT2D eigenvalue weighted by Gasteiger charge is 2.40. The van der Waals surface area contributed by atoms with Gasteiger partial charge in [0.05, 0.1) is 4.90 Å². The van der Waals surface area contributed by atoms with Crippen molar-refractivity contribution in [3.8, 4) is 11.1 Å². The Morgan fingerprint density at radius 1 is 0.868 bits per heavy atom. The Morgan fingerprint density at radius 2 is 1.61 bits per heavy atom. The molecule has 3 heterocycles. The van der Waals surface area contributed by atoms with Crippen LogP contribution in [0.1, 0.15) is 18.0 Å². The van der Waals surface area contributed by atoms with E-state index < -0.39 is 10.0 Å². The number of piperidine rings is 1. The SMILES string of the molecule is CSc1ccc(-c2ccc3n(c2=O)C[C@H]2C[C@@H]3CN(S(=O)(=O)c3cccc4c(N(C)C)cccc34)C2)cc1. The van der Waals surface area contributed by atoms with Gasteiger partial charge in [0, 0.05) is 72.3 Å². The number of anilines is 1. The molecule has 1 saturated heterocycles. The third kappa shape index (κ3) is 4.15. The summed E-state index contributed by atoms with van der Waals surface area (Å²) in [5, 5.41) is 1.66. The summed E-state index contributed by atoms with van der Waals surface area (Å²) in [5.41, 5.74) is 3.54. The van der Waals surface area contributed by atoms with Crippen LogP contribution in [0.2, 0.25) is 0 Å². The van der Waals surface area contributed by atoms with Gasteiger partial charge in [0.15, 0.2) is 0 Å². The molecule has 2 atom stereocenters. The predicted molar refractivity (Wildman–Crippen MR) is 156 cm³/mol. The molecule has 0 spiro atoms. The van der Waals surface area contributed by atoms with Crippen molar-refractivity contribution in [2.75, 3.05) is 38.3 Å². The summed E-state index contributed by atoms with van der Waals surface area (Å²) in [7, 11) is 0.210. The first kappa shape index (κ1) is 25.2. The standard InChI is InChI=1S/C30H31N3O3S2/c1-31(2)28-8-4-7-26-25(28)6-5-9-29(26)38(35,36)32-17-20-16-22(19-32)27-15-14-24(30(34)33(27)18-20)21-10-12-23(37-3)13-11-21/h4-15,20,22H,16-19H2,1-3H3/t20-,22+/m0/s1. The Morgan fingerprint density at radius 3 is 2.34 bits per heavy atom. The Bertz CT molecular complexity index is 1690. The van der Waals surface area contributed by atoms with Crippen molar-refractivity contribution in [1.82, 2.24) is 8.87 Å². The number of sulfonamides is 1. The highest BCUT2D eigenvalue weighted by molar-refractivity contribution is 7.98. The topological polar surface area (TPSA) is 62.6 Å². The quantitative estimate of drug-likeness (QED) is 0.320. The lowest BCUT2D eigenvalue weighted by Gasteiger charge is -2.42. The van der Waals surface area contributed by atoms with Gasteiger partial charge >= 0.3 is 0 Å². The summed E-state index contributed by atoms with van der Waals surface area (Å²) in [5.74, 6) is 0.0837. The molecule has 3 aromatic carbocycles. The third-order valence-electron chi connectivity index (χ3n) is 7.93. The van der Waals surface area contributed by atoms with Crippen LogP contribution in [0.5, 0.6) is 0 Å². The molecule has 0 saturated carbocycles. The van der Waals surface area contributed by atoms with Gasteiger partial charge in [-0.2, -0.15) is 4.31 Å². The predicted octanol–water partition coefficient (Wildman–Crippen LogP) is 5.26. The van der Waals surface area contributed by atoms with Gasteiger partial charge in [-0.1, -0.05) is 36.4 Å². The molecule has 196 valence electrons. The smallest absolute Gasteiger partial charge is 0.258 e. The fourth-order valence-electron chi connectivity index (χ4n) is 6.11. The van der Waals surface area contributed by atoms with Crippen molar-refractivity contribution in [2.45, 2.75) is 28.7 Å². The Labute approximate surface area is 227 Å². The number of hydrogen-bond donors (Lipinski definition) is 0. The number of nitrogens with zero attached hydrogens (tertiary/aromatic N) is 3. The summed E-state index contributed by atoms with van der Waals surface area (Å²) in [6.07, 6.45) is 2.93. The molecule has 2 bridgehead atoms. The molecular formula is C30H31N3O3S2. The summed E-state index contributed by atoms with van der Waals surface area (Å²) in [6, 6.07) is 23.3. The third-order valence-corrected chi connectivity index (χ3v) is 10.6. The fourth-order valence-corrected chi connectivity index (χ4v) is 8.28. The number of benzene rings is 3. The van der Waals surface area contributed by atoms with E-state index in [9.17, 15) is 13.2 Å². The molecule has 6 nitrogen and oxygen atoms in total. The van der Waals surface area contributed by atoms with Crippen LogP contribution in [0.25, 0.3) is 21.9 Å². The number of fused-ring (bicyclic) bond motifs is 5. The van der Waals surface area contributed by atoms with Crippen LogP contribution < -0.4 is 10.5 Å². The van der Waals surface area contributed by atoms with Crippen molar-refractivity contribution in [3.05, 3.63) is 88.8 Å². The van der Waals surface area contributed by atoms with Crippen molar-refractivity contribution < 1.29 is 8.42 Å². The zero-order valence-electron chi connectivity index (χ0n) is 21.8. The maximum absolute atomic E-state index is 14.0. The monoisotopic (exact) mass is 545 g/mol. The lowest BCUT2D eigenvalue weighted by Crippen LogP contribution is -2.49. The molecule has 1 fully saturated rings. The van der Waals surface area contributed by atoms with E-state index in [1.807, 2.05) is 96.5 Å². The second kappa shape index (κ2) is 9.59. The molecule has 4 aromatic rings. The highest BCUT2D eigenvalue weighted by Crippen LogP contribution is 2.39. The molecule has 2 aliphatic heterocycles. The van der Waals surface area contributed by atoms with Crippen LogP contribution >= 0.6 is 11.8 Å². The van der Waals surface area contributed by atoms with E-state index in [0.717, 1.165) is 39.0 Å². The molecule has 6 rings (SSSR count). The Hall–Kier alpha value is -3.07. The second-order valence-electron chi connectivity index (χ2n) is 10.5. The number of aromatic nitrogens is 1. The van der Waals surface area contributed by atoms with Crippen molar-refractivity contribution in [2.24, 2.45) is 5.92 Å². The van der Waals surface area contributed by atoms with Gasteiger partial charge in [-0.05, 0) is 60.6 Å². The fraction of sp³-hybridized carbons (Fsp3) is 0.300. The molecule has 0 radical (unpaired) electrons. The van der Waals surface area contributed by atoms with Crippen LogP contribution in [0.4, 0.5) is 5.69 Å². The average Bonchev–Trinajstić information content (AvgIpc) is 2.93. The van der Waals surface area contributed by atoms with Gasteiger partial charge in [-0.3, -0.25) is 4.79 Å². The normalized spacial score (nSPS) is 19.3.